The van der Waals surface area contributed by atoms with Gasteiger partial charge in [-0.2, -0.15) is 0 Å². The lowest BCUT2D eigenvalue weighted by Crippen LogP contribution is -2.35. The highest BCUT2D eigenvalue weighted by Crippen LogP contribution is 2.37. The van der Waals surface area contributed by atoms with Crippen molar-refractivity contribution in [1.29, 1.82) is 0 Å². The number of rotatable bonds is 3. The summed E-state index contributed by atoms with van der Waals surface area (Å²) >= 11 is 0. The predicted octanol–water partition coefficient (Wildman–Crippen LogP) is 2.38. The third-order valence-electron chi connectivity index (χ3n) is 4.00. The van der Waals surface area contributed by atoms with Crippen molar-refractivity contribution in [3.05, 3.63) is 24.0 Å². The van der Waals surface area contributed by atoms with E-state index < -0.39 is 21.3 Å². The minimum Gasteiger partial charge on any atom is -0.324 e. The second-order valence-electron chi connectivity index (χ2n) is 5.76. The van der Waals surface area contributed by atoms with Gasteiger partial charge in [0.1, 0.15) is 10.7 Å². The van der Waals surface area contributed by atoms with Crippen LogP contribution in [0.5, 0.6) is 0 Å². The van der Waals surface area contributed by atoms with E-state index in [1.54, 1.807) is 0 Å². The first-order chi connectivity index (χ1) is 9.72. The lowest BCUT2D eigenvalue weighted by Gasteiger charge is -2.32. The van der Waals surface area contributed by atoms with Gasteiger partial charge in [0.2, 0.25) is 15.9 Å². The topological polar surface area (TPSA) is 89.3 Å². The summed E-state index contributed by atoms with van der Waals surface area (Å²) in [5.74, 6) is -0.927. The molecule has 1 aliphatic carbocycles. The van der Waals surface area contributed by atoms with Gasteiger partial charge in [-0.05, 0) is 31.0 Å². The van der Waals surface area contributed by atoms with Crippen molar-refractivity contribution >= 4 is 21.6 Å². The molecule has 0 bridgehead atoms. The molecule has 1 aliphatic rings. The van der Waals surface area contributed by atoms with E-state index in [0.29, 0.717) is 0 Å². The van der Waals surface area contributed by atoms with Crippen LogP contribution in [0.15, 0.2) is 23.1 Å². The molecule has 0 heterocycles. The number of carbonyl (C=O) groups is 1. The second kappa shape index (κ2) is 5.73. The number of amides is 1. The molecule has 0 unspecified atom stereocenters. The van der Waals surface area contributed by atoms with Crippen molar-refractivity contribution in [3.63, 3.8) is 0 Å². The van der Waals surface area contributed by atoms with Gasteiger partial charge in [0.15, 0.2) is 0 Å². The summed E-state index contributed by atoms with van der Waals surface area (Å²) in [6.07, 6.45) is 4.47. The lowest BCUT2D eigenvalue weighted by atomic mass is 9.75. The molecule has 21 heavy (non-hydrogen) atoms. The van der Waals surface area contributed by atoms with Crippen LogP contribution in [0.1, 0.15) is 39.0 Å². The number of hydrogen-bond donors (Lipinski definition) is 2. The third kappa shape index (κ3) is 3.59. The summed E-state index contributed by atoms with van der Waals surface area (Å²) in [6, 6.07) is 3.03. The van der Waals surface area contributed by atoms with Crippen LogP contribution >= 0.6 is 0 Å². The average molecular weight is 314 g/mol. The molecular weight excluding hydrogens is 295 g/mol. The number of sulfonamides is 1. The normalized spacial score (nSPS) is 18.2. The van der Waals surface area contributed by atoms with Crippen molar-refractivity contribution in [1.82, 2.24) is 0 Å². The summed E-state index contributed by atoms with van der Waals surface area (Å²) in [4.78, 5) is 12.1. The maximum absolute atomic E-state index is 13.3. The molecule has 1 aromatic rings. The maximum atomic E-state index is 13.3. The van der Waals surface area contributed by atoms with Gasteiger partial charge in [-0.3, -0.25) is 4.79 Å². The fraction of sp³-hybridized carbons (Fsp3) is 0.500. The van der Waals surface area contributed by atoms with E-state index in [2.05, 4.69) is 5.32 Å². The molecule has 1 amide bonds. The van der Waals surface area contributed by atoms with Crippen molar-refractivity contribution in [3.8, 4) is 0 Å². The van der Waals surface area contributed by atoms with Crippen LogP contribution in [0, 0.1) is 11.2 Å². The summed E-state index contributed by atoms with van der Waals surface area (Å²) in [5.41, 5.74) is -0.658. The molecule has 0 radical (unpaired) electrons. The van der Waals surface area contributed by atoms with E-state index in [9.17, 15) is 17.6 Å². The fourth-order valence-electron chi connectivity index (χ4n) is 2.68. The monoisotopic (exact) mass is 314 g/mol. The standard InChI is InChI=1S/C14H19FN2O3S/c1-14(7-3-2-4-8-14)13(18)17-11-9-10(15)5-6-12(11)21(16,19)20/h5-6,9H,2-4,7-8H2,1H3,(H,17,18)(H2,16,19,20). The molecule has 0 aliphatic heterocycles. The molecule has 0 saturated heterocycles. The number of primary sulfonamides is 1. The van der Waals surface area contributed by atoms with Gasteiger partial charge >= 0.3 is 0 Å². The fourth-order valence-corrected chi connectivity index (χ4v) is 3.35. The minimum atomic E-state index is -4.03. The van der Waals surface area contributed by atoms with Crippen molar-refractivity contribution < 1.29 is 17.6 Å². The molecule has 1 fully saturated rings. The third-order valence-corrected chi connectivity index (χ3v) is 4.97. The Bertz CT molecular complexity index is 652. The number of carbonyl (C=O) groups excluding carboxylic acids is 1. The van der Waals surface area contributed by atoms with E-state index in [0.717, 1.165) is 50.3 Å². The molecule has 0 spiro atoms. The number of nitrogens with two attached hydrogens (primary N) is 1. The Kier molecular flexibility index (Phi) is 4.34. The largest absolute Gasteiger partial charge is 0.324 e. The Hall–Kier alpha value is -1.47. The van der Waals surface area contributed by atoms with E-state index in [4.69, 9.17) is 5.14 Å². The highest BCUT2D eigenvalue weighted by molar-refractivity contribution is 7.89. The molecule has 3 N–H and O–H groups in total. The number of halogens is 1. The summed E-state index contributed by atoms with van der Waals surface area (Å²) in [6.45, 7) is 1.84. The van der Waals surface area contributed by atoms with Crippen LogP contribution in [-0.4, -0.2) is 14.3 Å². The van der Waals surface area contributed by atoms with Crippen LogP contribution in [0.4, 0.5) is 10.1 Å². The highest BCUT2D eigenvalue weighted by Gasteiger charge is 2.35. The zero-order valence-electron chi connectivity index (χ0n) is 11.9. The van der Waals surface area contributed by atoms with Crippen LogP contribution in [0.25, 0.3) is 0 Å². The van der Waals surface area contributed by atoms with Gasteiger partial charge in [0.05, 0.1) is 5.69 Å². The quantitative estimate of drug-likeness (QED) is 0.897. The number of anilines is 1. The van der Waals surface area contributed by atoms with Crippen molar-refractivity contribution in [2.45, 2.75) is 43.9 Å². The molecule has 0 atom stereocenters. The Morgan fingerprint density at radius 2 is 1.90 bits per heavy atom. The first-order valence-corrected chi connectivity index (χ1v) is 8.41. The van der Waals surface area contributed by atoms with Gasteiger partial charge in [-0.25, -0.2) is 17.9 Å². The summed E-state index contributed by atoms with van der Waals surface area (Å²) in [7, 11) is -4.03. The zero-order valence-corrected chi connectivity index (χ0v) is 12.7. The molecule has 5 nitrogen and oxygen atoms in total. The Morgan fingerprint density at radius 3 is 2.48 bits per heavy atom. The lowest BCUT2D eigenvalue weighted by molar-refractivity contribution is -0.126. The summed E-state index contributed by atoms with van der Waals surface area (Å²) in [5, 5.41) is 7.62. The van der Waals surface area contributed by atoms with Gasteiger partial charge in [-0.1, -0.05) is 26.2 Å². The maximum Gasteiger partial charge on any atom is 0.240 e. The smallest absolute Gasteiger partial charge is 0.240 e. The van der Waals surface area contributed by atoms with Crippen LogP contribution < -0.4 is 10.5 Å². The molecule has 116 valence electrons. The van der Waals surface area contributed by atoms with E-state index in [-0.39, 0.29) is 16.5 Å². The molecule has 7 heteroatoms. The van der Waals surface area contributed by atoms with Crippen LogP contribution in [0.3, 0.4) is 0 Å². The van der Waals surface area contributed by atoms with Gasteiger partial charge in [-0.15, -0.1) is 0 Å². The number of hydrogen-bond acceptors (Lipinski definition) is 3. The molecule has 1 saturated carbocycles. The Labute approximate surface area is 123 Å². The number of nitrogens with one attached hydrogen (secondary N) is 1. The molecule has 0 aromatic heterocycles. The SMILES string of the molecule is CC1(C(=O)Nc2cc(F)ccc2S(N)(=O)=O)CCCCC1. The van der Waals surface area contributed by atoms with Crippen molar-refractivity contribution in [2.24, 2.45) is 10.6 Å². The summed E-state index contributed by atoms with van der Waals surface area (Å²) < 4.78 is 36.3. The van der Waals surface area contributed by atoms with Crippen LogP contribution in [-0.2, 0) is 14.8 Å². The van der Waals surface area contributed by atoms with Crippen molar-refractivity contribution in [2.75, 3.05) is 5.32 Å². The Balaban J connectivity index is 2.30. The Morgan fingerprint density at radius 1 is 1.29 bits per heavy atom. The van der Waals surface area contributed by atoms with E-state index in [1.165, 1.54) is 0 Å². The van der Waals surface area contributed by atoms with E-state index in [1.807, 2.05) is 6.92 Å². The predicted molar refractivity (Wildman–Crippen MR) is 77.6 cm³/mol. The van der Waals surface area contributed by atoms with Gasteiger partial charge < -0.3 is 5.32 Å². The number of benzene rings is 1. The molecule has 1 aromatic carbocycles. The minimum absolute atomic E-state index is 0.103. The first kappa shape index (κ1) is 15.9. The highest BCUT2D eigenvalue weighted by atomic mass is 32.2. The average Bonchev–Trinajstić information content (AvgIpc) is 2.38. The first-order valence-electron chi connectivity index (χ1n) is 6.86. The van der Waals surface area contributed by atoms with E-state index >= 15 is 0 Å². The van der Waals surface area contributed by atoms with Gasteiger partial charge in [0, 0.05) is 5.41 Å². The molecule has 2 rings (SSSR count). The second-order valence-corrected chi connectivity index (χ2v) is 7.29. The molecular formula is C14H19FN2O3S. The zero-order chi connectivity index (χ0) is 15.7. The van der Waals surface area contributed by atoms with Gasteiger partial charge in [0.25, 0.3) is 0 Å². The van der Waals surface area contributed by atoms with Crippen LogP contribution in [0.2, 0.25) is 0 Å².